The molecule has 0 heterocycles. The van der Waals surface area contributed by atoms with Crippen molar-refractivity contribution < 1.29 is 30.0 Å². The number of thioether (sulfide) groups is 1. The van der Waals surface area contributed by atoms with Crippen LogP contribution in [0.4, 0.5) is 0 Å². The van der Waals surface area contributed by atoms with E-state index in [4.69, 9.17) is 10.2 Å². The molecule has 1 aromatic rings. The standard InChI is InChI=1S/C13H16O6S/c1-5-6(2)11(17)12(7(3)10(5)16)20-8(13(18)19)4-9(14)15/h8,16-17H,4H2,1-3H3,(H,14,15)(H,18,19). The van der Waals surface area contributed by atoms with Crippen molar-refractivity contribution in [3.8, 4) is 11.5 Å². The van der Waals surface area contributed by atoms with E-state index in [0.29, 0.717) is 16.7 Å². The van der Waals surface area contributed by atoms with Gasteiger partial charge in [0, 0.05) is 5.56 Å². The first-order valence-corrected chi connectivity index (χ1v) is 6.67. The SMILES string of the molecule is Cc1c(C)c(O)c(SC(CC(=O)O)C(=O)O)c(C)c1O. The Bertz CT molecular complexity index is 537. The molecule has 0 amide bonds. The first-order valence-electron chi connectivity index (χ1n) is 5.79. The van der Waals surface area contributed by atoms with Crippen LogP contribution in [0.5, 0.6) is 11.5 Å². The Kier molecular flexibility index (Phi) is 4.88. The van der Waals surface area contributed by atoms with Crippen LogP contribution in [0.3, 0.4) is 0 Å². The number of carbonyl (C=O) groups is 2. The second-order valence-electron chi connectivity index (χ2n) is 4.44. The predicted octanol–water partition coefficient (Wildman–Crippen LogP) is 2.04. The normalized spacial score (nSPS) is 12.2. The zero-order chi connectivity index (χ0) is 15.6. The van der Waals surface area contributed by atoms with E-state index in [1.54, 1.807) is 20.8 Å². The van der Waals surface area contributed by atoms with Crippen molar-refractivity contribution in [1.29, 1.82) is 0 Å². The van der Waals surface area contributed by atoms with Crippen molar-refractivity contribution in [2.45, 2.75) is 37.3 Å². The van der Waals surface area contributed by atoms with Gasteiger partial charge in [-0.15, -0.1) is 11.8 Å². The smallest absolute Gasteiger partial charge is 0.317 e. The number of phenols is 2. The Labute approximate surface area is 120 Å². The highest BCUT2D eigenvalue weighted by Gasteiger charge is 2.26. The molecular weight excluding hydrogens is 284 g/mol. The van der Waals surface area contributed by atoms with E-state index in [1.165, 1.54) is 0 Å². The molecule has 1 aromatic carbocycles. The molecular formula is C13H16O6S. The van der Waals surface area contributed by atoms with Gasteiger partial charge in [0.05, 0.1) is 11.3 Å². The number of rotatable bonds is 5. The molecule has 110 valence electrons. The molecule has 6 nitrogen and oxygen atoms in total. The largest absolute Gasteiger partial charge is 0.507 e. The van der Waals surface area contributed by atoms with Gasteiger partial charge in [0.25, 0.3) is 0 Å². The molecule has 0 fully saturated rings. The molecule has 0 aliphatic rings. The van der Waals surface area contributed by atoms with Crippen molar-refractivity contribution in [2.24, 2.45) is 0 Å². The van der Waals surface area contributed by atoms with Crippen molar-refractivity contribution in [3.05, 3.63) is 16.7 Å². The second kappa shape index (κ2) is 6.04. The summed E-state index contributed by atoms with van der Waals surface area (Å²) in [6.07, 6.45) is -0.577. The molecule has 0 saturated heterocycles. The molecule has 1 unspecified atom stereocenters. The number of aliphatic carboxylic acids is 2. The lowest BCUT2D eigenvalue weighted by Crippen LogP contribution is -2.20. The lowest BCUT2D eigenvalue weighted by atomic mass is 10.0. The van der Waals surface area contributed by atoms with E-state index < -0.39 is 23.6 Å². The van der Waals surface area contributed by atoms with Crippen LogP contribution >= 0.6 is 11.8 Å². The molecule has 0 radical (unpaired) electrons. The Balaban J connectivity index is 3.26. The highest BCUT2D eigenvalue weighted by Crippen LogP contribution is 2.43. The fourth-order valence-electron chi connectivity index (χ4n) is 1.72. The van der Waals surface area contributed by atoms with Gasteiger partial charge in [0.1, 0.15) is 16.7 Å². The topological polar surface area (TPSA) is 115 Å². The van der Waals surface area contributed by atoms with E-state index in [1.807, 2.05) is 0 Å². The van der Waals surface area contributed by atoms with Crippen molar-refractivity contribution >= 4 is 23.7 Å². The second-order valence-corrected chi connectivity index (χ2v) is 5.66. The molecule has 0 aromatic heterocycles. The Hall–Kier alpha value is -1.89. The average molecular weight is 300 g/mol. The van der Waals surface area contributed by atoms with E-state index in [-0.39, 0.29) is 16.4 Å². The summed E-state index contributed by atoms with van der Waals surface area (Å²) < 4.78 is 0. The molecule has 4 N–H and O–H groups in total. The van der Waals surface area contributed by atoms with Gasteiger partial charge < -0.3 is 20.4 Å². The summed E-state index contributed by atoms with van der Waals surface area (Å²) >= 11 is 0.725. The monoisotopic (exact) mass is 300 g/mol. The Morgan fingerprint density at radius 3 is 1.95 bits per heavy atom. The number of aromatic hydroxyl groups is 2. The number of hydrogen-bond donors (Lipinski definition) is 4. The van der Waals surface area contributed by atoms with Crippen LogP contribution in [0.25, 0.3) is 0 Å². The quantitative estimate of drug-likeness (QED) is 0.486. The maximum absolute atomic E-state index is 11.1. The molecule has 0 aliphatic heterocycles. The molecule has 1 rings (SSSR count). The summed E-state index contributed by atoms with van der Waals surface area (Å²) in [6, 6.07) is 0. The predicted molar refractivity (Wildman–Crippen MR) is 73.5 cm³/mol. The van der Waals surface area contributed by atoms with Gasteiger partial charge in [-0.1, -0.05) is 0 Å². The van der Waals surface area contributed by atoms with Crippen molar-refractivity contribution in [1.82, 2.24) is 0 Å². The number of hydrogen-bond acceptors (Lipinski definition) is 5. The number of carboxylic acid groups (broad SMARTS) is 2. The van der Waals surface area contributed by atoms with Crippen LogP contribution < -0.4 is 0 Å². The van der Waals surface area contributed by atoms with Crippen molar-refractivity contribution in [3.63, 3.8) is 0 Å². The zero-order valence-corrected chi connectivity index (χ0v) is 12.1. The summed E-state index contributed by atoms with van der Waals surface area (Å²) in [5.74, 6) is -2.68. The van der Waals surface area contributed by atoms with Crippen molar-refractivity contribution in [2.75, 3.05) is 0 Å². The van der Waals surface area contributed by atoms with E-state index >= 15 is 0 Å². The fourth-order valence-corrected chi connectivity index (χ4v) is 2.87. The number of phenolic OH excluding ortho intramolecular Hbond substituents is 2. The number of carboxylic acids is 2. The first kappa shape index (κ1) is 16.2. The van der Waals surface area contributed by atoms with Crippen LogP contribution in [0.1, 0.15) is 23.1 Å². The third-order valence-corrected chi connectivity index (χ3v) is 4.47. The minimum absolute atomic E-state index is 0.0257. The number of benzene rings is 1. The zero-order valence-electron chi connectivity index (χ0n) is 11.3. The molecule has 0 spiro atoms. The first-order chi connectivity index (χ1) is 9.16. The summed E-state index contributed by atoms with van der Waals surface area (Å²) in [4.78, 5) is 21.9. The van der Waals surface area contributed by atoms with Gasteiger partial charge in [-0.05, 0) is 31.9 Å². The molecule has 7 heteroatoms. The highest BCUT2D eigenvalue weighted by molar-refractivity contribution is 8.00. The van der Waals surface area contributed by atoms with Crippen LogP contribution in [0, 0.1) is 20.8 Å². The van der Waals surface area contributed by atoms with Crippen LogP contribution in [-0.4, -0.2) is 37.6 Å². The molecule has 1 atom stereocenters. The van der Waals surface area contributed by atoms with E-state index in [9.17, 15) is 19.8 Å². The minimum Gasteiger partial charge on any atom is -0.507 e. The Morgan fingerprint density at radius 2 is 1.50 bits per heavy atom. The lowest BCUT2D eigenvalue weighted by Gasteiger charge is -2.17. The summed E-state index contributed by atoms with van der Waals surface area (Å²) in [7, 11) is 0. The van der Waals surface area contributed by atoms with Gasteiger partial charge in [0.2, 0.25) is 0 Å². The Morgan fingerprint density at radius 1 is 1.00 bits per heavy atom. The third-order valence-electron chi connectivity index (χ3n) is 3.08. The summed E-state index contributed by atoms with van der Waals surface area (Å²) in [5.41, 5.74) is 1.29. The van der Waals surface area contributed by atoms with Crippen LogP contribution in [-0.2, 0) is 9.59 Å². The van der Waals surface area contributed by atoms with Gasteiger partial charge in [-0.25, -0.2) is 0 Å². The lowest BCUT2D eigenvalue weighted by molar-refractivity contribution is -0.142. The van der Waals surface area contributed by atoms with E-state index in [0.717, 1.165) is 11.8 Å². The van der Waals surface area contributed by atoms with Gasteiger partial charge in [0.15, 0.2) is 0 Å². The molecule has 0 aliphatic carbocycles. The highest BCUT2D eigenvalue weighted by atomic mass is 32.2. The van der Waals surface area contributed by atoms with Gasteiger partial charge in [-0.3, -0.25) is 9.59 Å². The summed E-state index contributed by atoms with van der Waals surface area (Å²) in [6.45, 7) is 4.78. The van der Waals surface area contributed by atoms with Crippen LogP contribution in [0.2, 0.25) is 0 Å². The van der Waals surface area contributed by atoms with Gasteiger partial charge >= 0.3 is 11.9 Å². The molecule has 0 bridgehead atoms. The van der Waals surface area contributed by atoms with Gasteiger partial charge in [-0.2, -0.15) is 0 Å². The maximum Gasteiger partial charge on any atom is 0.317 e. The molecule has 0 saturated carbocycles. The third kappa shape index (κ3) is 3.16. The van der Waals surface area contributed by atoms with E-state index in [2.05, 4.69) is 0 Å². The summed E-state index contributed by atoms with van der Waals surface area (Å²) in [5, 5.41) is 36.5. The maximum atomic E-state index is 11.1. The average Bonchev–Trinajstić information content (AvgIpc) is 2.37. The van der Waals surface area contributed by atoms with Crippen LogP contribution in [0.15, 0.2) is 4.90 Å². The minimum atomic E-state index is -1.28. The fraction of sp³-hybridized carbons (Fsp3) is 0.385. The molecule has 20 heavy (non-hydrogen) atoms.